The Morgan fingerprint density at radius 3 is 2.62 bits per heavy atom. The second-order valence-electron chi connectivity index (χ2n) is 8.98. The molecule has 32 heavy (non-hydrogen) atoms. The Balaban J connectivity index is 1.43. The minimum absolute atomic E-state index is 0.00309. The zero-order valence-corrected chi connectivity index (χ0v) is 18.6. The van der Waals surface area contributed by atoms with Gasteiger partial charge in [0.15, 0.2) is 0 Å². The third-order valence-corrected chi connectivity index (χ3v) is 6.74. The predicted octanol–water partition coefficient (Wildman–Crippen LogP) is 3.90. The van der Waals surface area contributed by atoms with Gasteiger partial charge in [0, 0.05) is 25.6 Å². The van der Waals surface area contributed by atoms with Crippen LogP contribution in [0.15, 0.2) is 36.4 Å². The summed E-state index contributed by atoms with van der Waals surface area (Å²) in [6.07, 6.45) is 2.43. The van der Waals surface area contributed by atoms with Crippen molar-refractivity contribution < 1.29 is 13.9 Å². The molecule has 0 spiro atoms. The number of carbonyl (C=O) groups is 1. The van der Waals surface area contributed by atoms with Crippen LogP contribution in [0, 0.1) is 25.6 Å². The number of nitrogens with zero attached hydrogens (tertiary/aromatic N) is 3. The largest absolute Gasteiger partial charge is 0.379 e. The van der Waals surface area contributed by atoms with Crippen molar-refractivity contribution >= 4 is 22.9 Å². The van der Waals surface area contributed by atoms with Crippen LogP contribution in [0.3, 0.4) is 0 Å². The first kappa shape index (κ1) is 20.9. The fourth-order valence-electron chi connectivity index (χ4n) is 4.71. The minimum atomic E-state index is -0.273. The van der Waals surface area contributed by atoms with E-state index in [-0.39, 0.29) is 23.7 Å². The Kier molecular flexibility index (Phi) is 5.59. The van der Waals surface area contributed by atoms with Gasteiger partial charge in [0.05, 0.1) is 29.4 Å². The molecule has 0 saturated carbocycles. The van der Waals surface area contributed by atoms with Crippen LogP contribution in [0.25, 0.3) is 16.7 Å². The first-order chi connectivity index (χ1) is 15.5. The van der Waals surface area contributed by atoms with E-state index in [0.29, 0.717) is 6.61 Å². The SMILES string of the molecule is Cc1cc2nc(N3CCC(C(=O)NC4CCOC4)CC3)n(-c3cccc(F)c3)c2cc1C. The molecule has 1 N–H and O–H groups in total. The van der Waals surface area contributed by atoms with E-state index in [2.05, 4.69) is 36.2 Å². The molecule has 3 heterocycles. The summed E-state index contributed by atoms with van der Waals surface area (Å²) < 4.78 is 21.5. The third kappa shape index (κ3) is 3.97. The lowest BCUT2D eigenvalue weighted by Crippen LogP contribution is -2.44. The molecule has 7 heteroatoms. The molecule has 6 nitrogen and oxygen atoms in total. The summed E-state index contributed by atoms with van der Waals surface area (Å²) in [4.78, 5) is 19.9. The van der Waals surface area contributed by atoms with Gasteiger partial charge in [0.25, 0.3) is 0 Å². The number of rotatable bonds is 4. The van der Waals surface area contributed by atoms with Crippen molar-refractivity contribution in [2.45, 2.75) is 39.2 Å². The molecular formula is C25H29FN4O2. The number of fused-ring (bicyclic) bond motifs is 1. The second-order valence-corrected chi connectivity index (χ2v) is 8.98. The van der Waals surface area contributed by atoms with Crippen molar-refractivity contribution in [1.82, 2.24) is 14.9 Å². The monoisotopic (exact) mass is 436 g/mol. The van der Waals surface area contributed by atoms with Gasteiger partial charge in [0.1, 0.15) is 5.82 Å². The van der Waals surface area contributed by atoms with Crippen LogP contribution in [-0.4, -0.2) is 47.8 Å². The molecular weight excluding hydrogens is 407 g/mol. The summed E-state index contributed by atoms with van der Waals surface area (Å²) in [5, 5.41) is 3.14. The van der Waals surface area contributed by atoms with E-state index in [1.54, 1.807) is 12.1 Å². The highest BCUT2D eigenvalue weighted by molar-refractivity contribution is 5.83. The van der Waals surface area contributed by atoms with E-state index in [1.165, 1.54) is 17.2 Å². The van der Waals surface area contributed by atoms with Gasteiger partial charge in [-0.2, -0.15) is 0 Å². The molecule has 1 amide bonds. The molecule has 1 unspecified atom stereocenters. The summed E-state index contributed by atoms with van der Waals surface area (Å²) >= 11 is 0. The summed E-state index contributed by atoms with van der Waals surface area (Å²) in [5.41, 5.74) is 4.97. The highest BCUT2D eigenvalue weighted by Crippen LogP contribution is 2.32. The number of aryl methyl sites for hydroxylation is 2. The van der Waals surface area contributed by atoms with Crippen LogP contribution in [0.2, 0.25) is 0 Å². The Hall–Kier alpha value is -2.93. The Morgan fingerprint density at radius 2 is 1.91 bits per heavy atom. The Labute approximate surface area is 187 Å². The molecule has 2 fully saturated rings. The number of amides is 1. The molecule has 5 rings (SSSR count). The van der Waals surface area contributed by atoms with Crippen molar-refractivity contribution in [1.29, 1.82) is 0 Å². The van der Waals surface area contributed by atoms with Gasteiger partial charge in [0.2, 0.25) is 11.9 Å². The number of hydrogen-bond acceptors (Lipinski definition) is 4. The first-order valence-corrected chi connectivity index (χ1v) is 11.4. The average molecular weight is 437 g/mol. The predicted molar refractivity (Wildman–Crippen MR) is 123 cm³/mol. The lowest BCUT2D eigenvalue weighted by atomic mass is 9.95. The van der Waals surface area contributed by atoms with E-state index in [4.69, 9.17) is 9.72 Å². The van der Waals surface area contributed by atoms with Gasteiger partial charge in [-0.3, -0.25) is 9.36 Å². The number of anilines is 1. The van der Waals surface area contributed by atoms with E-state index >= 15 is 0 Å². The zero-order valence-electron chi connectivity index (χ0n) is 18.6. The number of nitrogens with one attached hydrogen (secondary N) is 1. The number of carbonyl (C=O) groups excluding carboxylic acids is 1. The topological polar surface area (TPSA) is 59.4 Å². The molecule has 0 radical (unpaired) electrons. The third-order valence-electron chi connectivity index (χ3n) is 6.74. The Bertz CT molecular complexity index is 1140. The highest BCUT2D eigenvalue weighted by Gasteiger charge is 2.30. The quantitative estimate of drug-likeness (QED) is 0.674. The smallest absolute Gasteiger partial charge is 0.223 e. The fraction of sp³-hybridized carbons (Fsp3) is 0.440. The normalized spacial score (nSPS) is 19.6. The van der Waals surface area contributed by atoms with E-state index in [0.717, 1.165) is 61.6 Å². The van der Waals surface area contributed by atoms with E-state index < -0.39 is 0 Å². The van der Waals surface area contributed by atoms with Gasteiger partial charge in [-0.15, -0.1) is 0 Å². The zero-order chi connectivity index (χ0) is 22.2. The number of halogens is 1. The lowest BCUT2D eigenvalue weighted by Gasteiger charge is -2.32. The van der Waals surface area contributed by atoms with Gasteiger partial charge in [-0.1, -0.05) is 6.07 Å². The van der Waals surface area contributed by atoms with E-state index in [9.17, 15) is 9.18 Å². The van der Waals surface area contributed by atoms with Crippen LogP contribution in [0.5, 0.6) is 0 Å². The van der Waals surface area contributed by atoms with Gasteiger partial charge < -0.3 is 15.0 Å². The van der Waals surface area contributed by atoms with Crippen molar-refractivity contribution in [2.75, 3.05) is 31.2 Å². The molecule has 168 valence electrons. The number of aromatic nitrogens is 2. The summed E-state index contributed by atoms with van der Waals surface area (Å²) in [7, 11) is 0. The summed E-state index contributed by atoms with van der Waals surface area (Å²) in [6, 6.07) is 11.0. The van der Waals surface area contributed by atoms with Crippen LogP contribution < -0.4 is 10.2 Å². The van der Waals surface area contributed by atoms with Crippen LogP contribution in [0.1, 0.15) is 30.4 Å². The molecule has 1 aromatic heterocycles. The van der Waals surface area contributed by atoms with Crippen molar-refractivity contribution in [3.8, 4) is 5.69 Å². The fourth-order valence-corrected chi connectivity index (χ4v) is 4.71. The molecule has 1 atom stereocenters. The van der Waals surface area contributed by atoms with Gasteiger partial charge in [-0.05, 0) is 74.6 Å². The summed E-state index contributed by atoms with van der Waals surface area (Å²) in [5.74, 6) is 0.664. The second kappa shape index (κ2) is 8.54. The standard InChI is InChI=1S/C25H29FN4O2/c1-16-12-22-23(13-17(16)2)30(21-5-3-4-19(26)14-21)25(28-22)29-9-6-18(7-10-29)24(31)27-20-8-11-32-15-20/h3-5,12-14,18,20H,6-11,15H2,1-2H3,(H,27,31). The summed E-state index contributed by atoms with van der Waals surface area (Å²) in [6.45, 7) is 6.96. The maximum absolute atomic E-state index is 14.1. The van der Waals surface area contributed by atoms with Crippen molar-refractivity contribution in [2.24, 2.45) is 5.92 Å². The molecule has 2 aliphatic rings. The van der Waals surface area contributed by atoms with Crippen LogP contribution >= 0.6 is 0 Å². The van der Waals surface area contributed by atoms with Crippen molar-refractivity contribution in [3.05, 3.63) is 53.3 Å². The number of piperidine rings is 1. The van der Waals surface area contributed by atoms with Crippen LogP contribution in [-0.2, 0) is 9.53 Å². The van der Waals surface area contributed by atoms with E-state index in [1.807, 2.05) is 10.6 Å². The average Bonchev–Trinajstić information content (AvgIpc) is 3.42. The van der Waals surface area contributed by atoms with Gasteiger partial charge in [-0.25, -0.2) is 9.37 Å². The number of hydrogen-bond donors (Lipinski definition) is 1. The number of ether oxygens (including phenoxy) is 1. The molecule has 2 aliphatic heterocycles. The Morgan fingerprint density at radius 1 is 1.12 bits per heavy atom. The molecule has 2 aromatic carbocycles. The number of imidazole rings is 1. The lowest BCUT2D eigenvalue weighted by molar-refractivity contribution is -0.126. The maximum Gasteiger partial charge on any atom is 0.223 e. The van der Waals surface area contributed by atoms with Crippen LogP contribution in [0.4, 0.5) is 10.3 Å². The molecule has 3 aromatic rings. The number of benzene rings is 2. The molecule has 0 bridgehead atoms. The van der Waals surface area contributed by atoms with Gasteiger partial charge >= 0.3 is 0 Å². The minimum Gasteiger partial charge on any atom is -0.379 e. The molecule has 2 saturated heterocycles. The maximum atomic E-state index is 14.1. The van der Waals surface area contributed by atoms with Crippen molar-refractivity contribution in [3.63, 3.8) is 0 Å². The first-order valence-electron chi connectivity index (χ1n) is 11.4. The highest BCUT2D eigenvalue weighted by atomic mass is 19.1. The molecule has 0 aliphatic carbocycles.